The molecule has 0 unspecified atom stereocenters. The minimum Gasteiger partial charge on any atom is -0.493 e. The normalized spacial score (nSPS) is 14.5. The lowest BCUT2D eigenvalue weighted by Gasteiger charge is -2.27. The molecule has 4 amide bonds. The molecule has 0 spiro atoms. The van der Waals surface area contributed by atoms with Crippen molar-refractivity contribution < 1.29 is 28.8 Å². The van der Waals surface area contributed by atoms with E-state index in [1.165, 1.54) is 37.5 Å². The number of amides is 4. The van der Waals surface area contributed by atoms with Gasteiger partial charge in [0.2, 0.25) is 0 Å². The number of non-ortho nitro benzene ring substituents is 1. The van der Waals surface area contributed by atoms with Gasteiger partial charge in [0.15, 0.2) is 11.5 Å². The number of hydrogen-bond acceptors (Lipinski definition) is 7. The van der Waals surface area contributed by atoms with Crippen molar-refractivity contribution >= 4 is 46.9 Å². The predicted octanol–water partition coefficient (Wildman–Crippen LogP) is 5.12. The van der Waals surface area contributed by atoms with Crippen LogP contribution in [0, 0.1) is 24.0 Å². The van der Waals surface area contributed by atoms with E-state index in [4.69, 9.17) is 21.1 Å². The molecule has 38 heavy (non-hydrogen) atoms. The van der Waals surface area contributed by atoms with Gasteiger partial charge in [-0.25, -0.2) is 9.69 Å². The number of nitro groups is 1. The first-order valence-electron chi connectivity index (χ1n) is 11.3. The van der Waals surface area contributed by atoms with Crippen molar-refractivity contribution in [3.05, 3.63) is 97.6 Å². The first-order valence-corrected chi connectivity index (χ1v) is 11.7. The van der Waals surface area contributed by atoms with Crippen LogP contribution in [-0.2, 0) is 16.2 Å². The second-order valence-corrected chi connectivity index (χ2v) is 8.90. The largest absolute Gasteiger partial charge is 0.493 e. The maximum absolute atomic E-state index is 13.3. The van der Waals surface area contributed by atoms with E-state index in [2.05, 4.69) is 5.32 Å². The number of rotatable bonds is 7. The molecule has 1 heterocycles. The number of nitro benzene ring substituents is 1. The molecule has 4 rings (SSSR count). The number of hydrogen-bond donors (Lipinski definition) is 1. The Hall–Kier alpha value is -4.70. The molecule has 10 nitrogen and oxygen atoms in total. The molecule has 1 N–H and O–H groups in total. The highest BCUT2D eigenvalue weighted by Gasteiger charge is 2.37. The Bertz CT molecular complexity index is 1500. The summed E-state index contributed by atoms with van der Waals surface area (Å²) < 4.78 is 11.2. The quantitative estimate of drug-likeness (QED) is 0.192. The number of halogens is 1. The van der Waals surface area contributed by atoms with E-state index in [1.54, 1.807) is 31.2 Å². The molecule has 1 aliphatic heterocycles. The summed E-state index contributed by atoms with van der Waals surface area (Å²) in [6.07, 6.45) is 1.32. The van der Waals surface area contributed by atoms with Gasteiger partial charge in [-0.3, -0.25) is 25.0 Å². The molecule has 0 atom stereocenters. The number of benzene rings is 3. The Labute approximate surface area is 222 Å². The van der Waals surface area contributed by atoms with E-state index in [9.17, 15) is 24.5 Å². The molecule has 0 aliphatic carbocycles. The second-order valence-electron chi connectivity index (χ2n) is 8.49. The van der Waals surface area contributed by atoms with Crippen LogP contribution in [0.4, 0.5) is 16.2 Å². The SMILES string of the molecule is COc1cc(/C=C2\C(=O)NC(=O)N(c3cc(C)ccc3C)C2=O)cc(Cl)c1OCc1ccc([N+](=O)[O-])cc1. The first-order chi connectivity index (χ1) is 18.1. The molecule has 11 heteroatoms. The molecule has 194 valence electrons. The topological polar surface area (TPSA) is 128 Å². The first kappa shape index (κ1) is 26.4. The van der Waals surface area contributed by atoms with Crippen molar-refractivity contribution in [3.63, 3.8) is 0 Å². The zero-order valence-electron chi connectivity index (χ0n) is 20.6. The van der Waals surface area contributed by atoms with Gasteiger partial charge in [-0.1, -0.05) is 23.7 Å². The summed E-state index contributed by atoms with van der Waals surface area (Å²) in [4.78, 5) is 49.7. The van der Waals surface area contributed by atoms with Gasteiger partial charge in [0.25, 0.3) is 17.5 Å². The molecule has 0 saturated carbocycles. The van der Waals surface area contributed by atoms with E-state index in [0.717, 1.165) is 10.5 Å². The monoisotopic (exact) mass is 535 g/mol. The van der Waals surface area contributed by atoms with Gasteiger partial charge in [0.05, 0.1) is 22.7 Å². The highest BCUT2D eigenvalue weighted by Crippen LogP contribution is 2.38. The number of carbonyl (C=O) groups is 3. The lowest BCUT2D eigenvalue weighted by molar-refractivity contribution is -0.384. The fourth-order valence-corrected chi connectivity index (χ4v) is 4.11. The van der Waals surface area contributed by atoms with Crippen LogP contribution < -0.4 is 19.7 Å². The maximum Gasteiger partial charge on any atom is 0.335 e. The lowest BCUT2D eigenvalue weighted by atomic mass is 10.0. The molecule has 1 aliphatic rings. The van der Waals surface area contributed by atoms with Crippen LogP contribution in [0.25, 0.3) is 6.08 Å². The number of ether oxygens (including phenoxy) is 2. The van der Waals surface area contributed by atoms with Crippen molar-refractivity contribution in [3.8, 4) is 11.5 Å². The highest BCUT2D eigenvalue weighted by molar-refractivity contribution is 6.39. The highest BCUT2D eigenvalue weighted by atomic mass is 35.5. The van der Waals surface area contributed by atoms with Crippen LogP contribution in [0.5, 0.6) is 11.5 Å². The number of nitrogens with zero attached hydrogens (tertiary/aromatic N) is 2. The molecule has 3 aromatic rings. The molecule has 0 radical (unpaired) electrons. The van der Waals surface area contributed by atoms with Gasteiger partial charge >= 0.3 is 6.03 Å². The Kier molecular flexibility index (Phi) is 7.45. The third kappa shape index (κ3) is 5.35. The number of carbonyl (C=O) groups excluding carboxylic acids is 3. The number of aryl methyl sites for hydroxylation is 2. The van der Waals surface area contributed by atoms with Gasteiger partial charge in [0.1, 0.15) is 12.2 Å². The lowest BCUT2D eigenvalue weighted by Crippen LogP contribution is -2.54. The summed E-state index contributed by atoms with van der Waals surface area (Å²) in [6, 6.07) is 13.4. The van der Waals surface area contributed by atoms with E-state index in [0.29, 0.717) is 22.4 Å². The zero-order valence-corrected chi connectivity index (χ0v) is 21.4. The summed E-state index contributed by atoms with van der Waals surface area (Å²) in [5.74, 6) is -1.17. The number of urea groups is 1. The van der Waals surface area contributed by atoms with E-state index in [1.807, 2.05) is 13.0 Å². The van der Waals surface area contributed by atoms with Crippen LogP contribution in [0.3, 0.4) is 0 Å². The van der Waals surface area contributed by atoms with E-state index >= 15 is 0 Å². The number of imide groups is 2. The number of nitrogens with one attached hydrogen (secondary N) is 1. The number of anilines is 1. The Morgan fingerprint density at radius 1 is 1.05 bits per heavy atom. The van der Waals surface area contributed by atoms with Gasteiger partial charge in [0, 0.05) is 12.1 Å². The Morgan fingerprint density at radius 2 is 1.76 bits per heavy atom. The fraction of sp³-hybridized carbons (Fsp3) is 0.148. The van der Waals surface area contributed by atoms with Gasteiger partial charge in [-0.2, -0.15) is 0 Å². The van der Waals surface area contributed by atoms with Crippen LogP contribution in [0.1, 0.15) is 22.3 Å². The summed E-state index contributed by atoms with van der Waals surface area (Å²) in [6.45, 7) is 3.65. The average Bonchev–Trinajstić information content (AvgIpc) is 2.87. The van der Waals surface area contributed by atoms with Gasteiger partial charge in [-0.15, -0.1) is 0 Å². The summed E-state index contributed by atoms with van der Waals surface area (Å²) >= 11 is 6.45. The summed E-state index contributed by atoms with van der Waals surface area (Å²) in [7, 11) is 1.40. The standard InChI is InChI=1S/C27H22ClN3O7/c1-15-4-5-16(2)22(10-15)30-26(33)20(25(32)29-27(30)34)11-18-12-21(28)24(23(13-18)37-3)38-14-17-6-8-19(9-7-17)31(35)36/h4-13H,14H2,1-3H3,(H,29,32,34)/b20-11+. The second kappa shape index (κ2) is 10.7. The van der Waals surface area contributed by atoms with Crippen LogP contribution >= 0.6 is 11.6 Å². The predicted molar refractivity (Wildman–Crippen MR) is 140 cm³/mol. The third-order valence-electron chi connectivity index (χ3n) is 5.80. The van der Waals surface area contributed by atoms with Gasteiger partial charge in [-0.05, 0) is 72.5 Å². The average molecular weight is 536 g/mol. The number of barbiturate groups is 1. The maximum atomic E-state index is 13.3. The van der Waals surface area contributed by atoms with Crippen molar-refractivity contribution in [2.75, 3.05) is 12.0 Å². The Morgan fingerprint density at radius 3 is 2.42 bits per heavy atom. The fourth-order valence-electron chi connectivity index (χ4n) is 3.84. The van der Waals surface area contributed by atoms with E-state index < -0.39 is 22.8 Å². The smallest absolute Gasteiger partial charge is 0.335 e. The zero-order chi connectivity index (χ0) is 27.6. The van der Waals surface area contributed by atoms with Crippen LogP contribution in [0.15, 0.2) is 60.2 Å². The molecular formula is C27H22ClN3O7. The van der Waals surface area contributed by atoms with Gasteiger partial charge < -0.3 is 9.47 Å². The summed E-state index contributed by atoms with van der Waals surface area (Å²) in [5, 5.41) is 13.2. The molecule has 1 saturated heterocycles. The minimum atomic E-state index is -0.838. The summed E-state index contributed by atoms with van der Waals surface area (Å²) in [5.41, 5.74) is 2.63. The Balaban J connectivity index is 1.63. The van der Waals surface area contributed by atoms with Crippen molar-refractivity contribution in [2.45, 2.75) is 20.5 Å². The number of methoxy groups -OCH3 is 1. The minimum absolute atomic E-state index is 0.0409. The molecule has 0 bridgehead atoms. The third-order valence-corrected chi connectivity index (χ3v) is 6.08. The van der Waals surface area contributed by atoms with E-state index in [-0.39, 0.29) is 34.4 Å². The molecule has 3 aromatic carbocycles. The van der Waals surface area contributed by atoms with Crippen molar-refractivity contribution in [2.24, 2.45) is 0 Å². The molecular weight excluding hydrogens is 514 g/mol. The van der Waals surface area contributed by atoms with Crippen molar-refractivity contribution in [1.82, 2.24) is 5.32 Å². The molecule has 0 aromatic heterocycles. The van der Waals surface area contributed by atoms with Crippen LogP contribution in [-0.4, -0.2) is 29.9 Å². The molecule has 1 fully saturated rings. The van der Waals surface area contributed by atoms with Crippen molar-refractivity contribution in [1.29, 1.82) is 0 Å². The van der Waals surface area contributed by atoms with Crippen LogP contribution in [0.2, 0.25) is 5.02 Å².